The Morgan fingerprint density at radius 2 is 1.77 bits per heavy atom. The number of nitrogens with zero attached hydrogens (tertiary/aromatic N) is 1. The molecule has 2 amide bonds. The third kappa shape index (κ3) is 3.94. The van der Waals surface area contributed by atoms with Gasteiger partial charge in [0.2, 0.25) is 0 Å². The summed E-state index contributed by atoms with van der Waals surface area (Å²) >= 11 is 0. The van der Waals surface area contributed by atoms with Crippen LogP contribution in [-0.4, -0.2) is 35.5 Å². The van der Waals surface area contributed by atoms with Crippen LogP contribution < -0.4 is 5.73 Å². The fourth-order valence-electron chi connectivity index (χ4n) is 2.93. The van der Waals surface area contributed by atoms with Gasteiger partial charge in [0, 0.05) is 12.6 Å². The maximum absolute atomic E-state index is 13.1. The van der Waals surface area contributed by atoms with Crippen molar-refractivity contribution in [1.29, 1.82) is 0 Å². The summed E-state index contributed by atoms with van der Waals surface area (Å²) in [5.74, 6) is -0.977. The standard InChI is InChI=1S/C19H19F3N2O2/c1-3-7-12(16(4-2)19(20,21)22)10-13(23)11-24-17(25)14-8-5-6-9-15(14)18(24)26/h3-9,13H,1,10-11,23H2,2H3/t13-/m0/s1. The first-order chi connectivity index (χ1) is 12.2. The van der Waals surface area contributed by atoms with Crippen molar-refractivity contribution in [2.24, 2.45) is 5.73 Å². The summed E-state index contributed by atoms with van der Waals surface area (Å²) in [7, 11) is 0. The third-order valence-electron chi connectivity index (χ3n) is 4.04. The SMILES string of the molecule is C=CC=C(C[C@H](N)CN1C(=O)c2ccccc2C1=O)C(=CC)C(F)(F)F. The molecule has 0 spiro atoms. The van der Waals surface area contributed by atoms with Crippen LogP contribution in [-0.2, 0) is 0 Å². The average molecular weight is 364 g/mol. The van der Waals surface area contributed by atoms with Crippen molar-refractivity contribution in [3.63, 3.8) is 0 Å². The summed E-state index contributed by atoms with van der Waals surface area (Å²) in [5, 5.41) is 0. The van der Waals surface area contributed by atoms with Crippen LogP contribution in [0.1, 0.15) is 34.1 Å². The van der Waals surface area contributed by atoms with E-state index in [0.29, 0.717) is 0 Å². The Kier molecular flexibility index (Phi) is 5.82. The van der Waals surface area contributed by atoms with Crippen LogP contribution in [0.25, 0.3) is 0 Å². The van der Waals surface area contributed by atoms with Crippen molar-refractivity contribution in [2.45, 2.75) is 25.6 Å². The molecule has 0 saturated carbocycles. The number of carbonyl (C=O) groups excluding carboxylic acids is 2. The fraction of sp³-hybridized carbons (Fsp3) is 0.263. The normalized spacial score (nSPS) is 16.7. The molecular formula is C19H19F3N2O2. The summed E-state index contributed by atoms with van der Waals surface area (Å²) in [6.07, 6.45) is -1.23. The molecule has 2 N–H and O–H groups in total. The molecule has 26 heavy (non-hydrogen) atoms. The molecule has 0 aromatic heterocycles. The Morgan fingerprint density at radius 3 is 2.19 bits per heavy atom. The van der Waals surface area contributed by atoms with Crippen LogP contribution in [0.2, 0.25) is 0 Å². The second kappa shape index (κ2) is 7.70. The van der Waals surface area contributed by atoms with E-state index in [1.54, 1.807) is 12.1 Å². The van der Waals surface area contributed by atoms with Gasteiger partial charge in [0.05, 0.1) is 16.7 Å². The number of allylic oxidation sites excluding steroid dienone is 4. The monoisotopic (exact) mass is 364 g/mol. The molecule has 0 aliphatic carbocycles. The molecule has 138 valence electrons. The van der Waals surface area contributed by atoms with E-state index in [0.717, 1.165) is 11.0 Å². The summed E-state index contributed by atoms with van der Waals surface area (Å²) in [6.45, 7) is 4.55. The number of fused-ring (bicyclic) bond motifs is 1. The van der Waals surface area contributed by atoms with E-state index < -0.39 is 29.6 Å². The van der Waals surface area contributed by atoms with Crippen LogP contribution in [0.15, 0.2) is 60.2 Å². The second-order valence-electron chi connectivity index (χ2n) is 5.86. The number of halogens is 3. The van der Waals surface area contributed by atoms with Gasteiger partial charge in [0.1, 0.15) is 0 Å². The van der Waals surface area contributed by atoms with Crippen LogP contribution in [0, 0.1) is 0 Å². The molecule has 1 heterocycles. The topological polar surface area (TPSA) is 63.4 Å². The molecular weight excluding hydrogens is 345 g/mol. The lowest BCUT2D eigenvalue weighted by atomic mass is 9.97. The highest BCUT2D eigenvalue weighted by Gasteiger charge is 2.38. The first kappa shape index (κ1) is 19.7. The zero-order valence-electron chi connectivity index (χ0n) is 14.2. The molecule has 2 rings (SSSR count). The van der Waals surface area contributed by atoms with E-state index in [4.69, 9.17) is 5.73 Å². The molecule has 0 fully saturated rings. The lowest BCUT2D eigenvalue weighted by molar-refractivity contribution is -0.0897. The summed E-state index contributed by atoms with van der Waals surface area (Å²) in [6, 6.07) is 5.50. The molecule has 0 bridgehead atoms. The number of rotatable bonds is 6. The van der Waals surface area contributed by atoms with Crippen molar-refractivity contribution in [3.05, 3.63) is 71.3 Å². The Morgan fingerprint density at radius 1 is 1.23 bits per heavy atom. The molecule has 0 radical (unpaired) electrons. The molecule has 1 aliphatic heterocycles. The minimum atomic E-state index is -4.53. The van der Waals surface area contributed by atoms with Gasteiger partial charge in [-0.3, -0.25) is 14.5 Å². The number of carbonyl (C=O) groups is 2. The number of hydrogen-bond donors (Lipinski definition) is 1. The van der Waals surface area contributed by atoms with Gasteiger partial charge >= 0.3 is 6.18 Å². The molecule has 7 heteroatoms. The van der Waals surface area contributed by atoms with E-state index in [2.05, 4.69) is 6.58 Å². The highest BCUT2D eigenvalue weighted by molar-refractivity contribution is 6.21. The van der Waals surface area contributed by atoms with Crippen molar-refractivity contribution < 1.29 is 22.8 Å². The number of amides is 2. The van der Waals surface area contributed by atoms with Crippen LogP contribution in [0.3, 0.4) is 0 Å². The minimum absolute atomic E-state index is 0.0425. The van der Waals surface area contributed by atoms with Crippen LogP contribution in [0.4, 0.5) is 13.2 Å². The smallest absolute Gasteiger partial charge is 0.326 e. The van der Waals surface area contributed by atoms with Gasteiger partial charge in [0.25, 0.3) is 11.8 Å². The Labute approximate surface area is 149 Å². The van der Waals surface area contributed by atoms with E-state index in [-0.39, 0.29) is 29.7 Å². The maximum Gasteiger partial charge on any atom is 0.416 e. The summed E-state index contributed by atoms with van der Waals surface area (Å²) in [5.41, 5.74) is 5.66. The highest BCUT2D eigenvalue weighted by atomic mass is 19.4. The quantitative estimate of drug-likeness (QED) is 0.619. The van der Waals surface area contributed by atoms with Gasteiger partial charge in [-0.15, -0.1) is 0 Å². The van der Waals surface area contributed by atoms with E-state index in [1.165, 1.54) is 31.2 Å². The number of benzene rings is 1. The van der Waals surface area contributed by atoms with E-state index in [1.807, 2.05) is 0 Å². The molecule has 4 nitrogen and oxygen atoms in total. The van der Waals surface area contributed by atoms with Crippen molar-refractivity contribution >= 4 is 11.8 Å². The summed E-state index contributed by atoms with van der Waals surface area (Å²) in [4.78, 5) is 25.6. The zero-order valence-corrected chi connectivity index (χ0v) is 14.2. The van der Waals surface area contributed by atoms with Crippen LogP contribution >= 0.6 is 0 Å². The molecule has 0 saturated heterocycles. The Balaban J connectivity index is 2.16. The molecule has 1 aromatic rings. The number of imide groups is 1. The fourth-order valence-corrected chi connectivity index (χ4v) is 2.93. The number of alkyl halides is 3. The maximum atomic E-state index is 13.1. The van der Waals surface area contributed by atoms with Crippen molar-refractivity contribution in [1.82, 2.24) is 4.90 Å². The predicted octanol–water partition coefficient (Wildman–Crippen LogP) is 3.62. The van der Waals surface area contributed by atoms with E-state index >= 15 is 0 Å². The zero-order chi connectivity index (χ0) is 19.5. The highest BCUT2D eigenvalue weighted by Crippen LogP contribution is 2.33. The first-order valence-corrected chi connectivity index (χ1v) is 7.97. The predicted molar refractivity (Wildman–Crippen MR) is 92.5 cm³/mol. The summed E-state index contributed by atoms with van der Waals surface area (Å²) < 4.78 is 39.4. The number of hydrogen-bond acceptors (Lipinski definition) is 3. The first-order valence-electron chi connectivity index (χ1n) is 7.97. The van der Waals surface area contributed by atoms with Gasteiger partial charge in [-0.25, -0.2) is 0 Å². The minimum Gasteiger partial charge on any atom is -0.326 e. The number of nitrogens with two attached hydrogens (primary N) is 1. The van der Waals surface area contributed by atoms with Crippen molar-refractivity contribution in [3.8, 4) is 0 Å². The average Bonchev–Trinajstić information content (AvgIpc) is 2.80. The molecule has 1 aromatic carbocycles. The second-order valence-corrected chi connectivity index (χ2v) is 5.86. The molecule has 1 atom stereocenters. The molecule has 0 unspecified atom stereocenters. The van der Waals surface area contributed by atoms with Gasteiger partial charge in [-0.2, -0.15) is 13.2 Å². The van der Waals surface area contributed by atoms with Crippen molar-refractivity contribution in [2.75, 3.05) is 6.54 Å². The van der Waals surface area contributed by atoms with Gasteiger partial charge in [-0.05, 0) is 31.1 Å². The largest absolute Gasteiger partial charge is 0.416 e. The van der Waals surface area contributed by atoms with Gasteiger partial charge in [-0.1, -0.05) is 36.9 Å². The third-order valence-corrected chi connectivity index (χ3v) is 4.04. The van der Waals surface area contributed by atoms with E-state index in [9.17, 15) is 22.8 Å². The molecule has 1 aliphatic rings. The van der Waals surface area contributed by atoms with Gasteiger partial charge in [0.15, 0.2) is 0 Å². The van der Waals surface area contributed by atoms with Crippen LogP contribution in [0.5, 0.6) is 0 Å². The lowest BCUT2D eigenvalue weighted by Gasteiger charge is -2.22. The Hall–Kier alpha value is -2.67. The Bertz CT molecular complexity index is 759. The van der Waals surface area contributed by atoms with Gasteiger partial charge < -0.3 is 5.73 Å². The lowest BCUT2D eigenvalue weighted by Crippen LogP contribution is -2.41.